The molecular formula is C12H11F3N2O2S. The van der Waals surface area contributed by atoms with E-state index in [2.05, 4.69) is 9.99 Å². The summed E-state index contributed by atoms with van der Waals surface area (Å²) in [4.78, 5) is 17.9. The van der Waals surface area contributed by atoms with E-state index in [1.807, 2.05) is 25.1 Å². The number of carbonyl (C=O) groups is 1. The zero-order chi connectivity index (χ0) is 15.1. The quantitative estimate of drug-likeness (QED) is 0.623. The molecule has 0 fully saturated rings. The van der Waals surface area contributed by atoms with Crippen LogP contribution in [0.1, 0.15) is 10.4 Å². The van der Waals surface area contributed by atoms with Gasteiger partial charge in [0.2, 0.25) is 0 Å². The number of oxime groups is 1. The Kier molecular flexibility index (Phi) is 3.59. The summed E-state index contributed by atoms with van der Waals surface area (Å²) < 4.78 is 38.1. The van der Waals surface area contributed by atoms with Gasteiger partial charge in [-0.1, -0.05) is 5.16 Å². The first kappa shape index (κ1) is 14.6. The van der Waals surface area contributed by atoms with E-state index in [4.69, 9.17) is 0 Å². The van der Waals surface area contributed by atoms with Crippen LogP contribution in [-0.2, 0) is 9.63 Å². The molecular weight excluding hydrogens is 293 g/mol. The van der Waals surface area contributed by atoms with Crippen LogP contribution in [0.25, 0.3) is 6.08 Å². The van der Waals surface area contributed by atoms with Crippen LogP contribution in [0.2, 0.25) is 0 Å². The van der Waals surface area contributed by atoms with Crippen LogP contribution in [-0.4, -0.2) is 32.0 Å². The van der Waals surface area contributed by atoms with Crippen molar-refractivity contribution in [2.24, 2.45) is 5.16 Å². The first-order chi connectivity index (χ1) is 9.20. The molecule has 1 aliphatic rings. The third-order valence-electron chi connectivity index (χ3n) is 2.62. The Hall–Kier alpha value is -1.83. The van der Waals surface area contributed by atoms with Gasteiger partial charge in [-0.3, -0.25) is 0 Å². The third-order valence-corrected chi connectivity index (χ3v) is 3.97. The van der Waals surface area contributed by atoms with Gasteiger partial charge < -0.3 is 9.74 Å². The lowest BCUT2D eigenvalue weighted by Gasteiger charge is -2.07. The van der Waals surface area contributed by atoms with Gasteiger partial charge in [0.1, 0.15) is 0 Å². The van der Waals surface area contributed by atoms with E-state index in [9.17, 15) is 18.0 Å². The standard InChI is InChI=1S/C12H11F3N2O2S/c1-6-4-9(17(2)3)20-8(6)5-7-10(12(13,14)15)16-19-11(7)18/h4-5H,1-3H3/b7-5+. The first-order valence-corrected chi connectivity index (χ1v) is 6.38. The van der Waals surface area contributed by atoms with Crippen molar-refractivity contribution in [1.29, 1.82) is 0 Å². The Labute approximate surface area is 117 Å². The highest BCUT2D eigenvalue weighted by atomic mass is 32.1. The van der Waals surface area contributed by atoms with E-state index in [1.54, 1.807) is 6.92 Å². The Balaban J connectivity index is 2.44. The lowest BCUT2D eigenvalue weighted by atomic mass is 10.1. The van der Waals surface area contributed by atoms with Crippen LogP contribution >= 0.6 is 11.3 Å². The number of aryl methyl sites for hydroxylation is 1. The van der Waals surface area contributed by atoms with E-state index in [1.165, 1.54) is 17.4 Å². The molecule has 0 aliphatic carbocycles. The maximum absolute atomic E-state index is 12.7. The highest BCUT2D eigenvalue weighted by molar-refractivity contribution is 7.17. The summed E-state index contributed by atoms with van der Waals surface area (Å²) >= 11 is 1.29. The predicted octanol–water partition coefficient (Wildman–Crippen LogP) is 2.98. The molecule has 8 heteroatoms. The number of thiophene rings is 1. The Morgan fingerprint density at radius 2 is 2.05 bits per heavy atom. The number of hydrogen-bond donors (Lipinski definition) is 0. The smallest absolute Gasteiger partial charge is 0.370 e. The fourth-order valence-corrected chi connectivity index (χ4v) is 2.63. The van der Waals surface area contributed by atoms with E-state index >= 15 is 0 Å². The molecule has 1 aromatic rings. The van der Waals surface area contributed by atoms with Gasteiger partial charge in [0.05, 0.1) is 10.6 Å². The van der Waals surface area contributed by atoms with Crippen LogP contribution in [0.15, 0.2) is 16.8 Å². The van der Waals surface area contributed by atoms with Gasteiger partial charge >= 0.3 is 12.1 Å². The summed E-state index contributed by atoms with van der Waals surface area (Å²) in [6.07, 6.45) is -3.54. The van der Waals surface area contributed by atoms with Gasteiger partial charge in [-0.15, -0.1) is 11.3 Å². The summed E-state index contributed by atoms with van der Waals surface area (Å²) in [7, 11) is 3.66. The SMILES string of the molecule is Cc1cc(N(C)C)sc1/C=C1/C(=O)ON=C1C(F)(F)F. The van der Waals surface area contributed by atoms with Crippen molar-refractivity contribution < 1.29 is 22.8 Å². The van der Waals surface area contributed by atoms with Crippen molar-refractivity contribution in [3.8, 4) is 0 Å². The van der Waals surface area contributed by atoms with Gasteiger partial charge in [0.15, 0.2) is 5.71 Å². The molecule has 108 valence electrons. The van der Waals surface area contributed by atoms with Crippen LogP contribution in [0, 0.1) is 6.92 Å². The Bertz CT molecular complexity index is 615. The first-order valence-electron chi connectivity index (χ1n) is 5.56. The van der Waals surface area contributed by atoms with E-state index in [0.29, 0.717) is 4.88 Å². The number of alkyl halides is 3. The summed E-state index contributed by atoms with van der Waals surface area (Å²) in [5.41, 5.74) is -1.07. The number of nitrogens with zero attached hydrogens (tertiary/aromatic N) is 2. The van der Waals surface area contributed by atoms with Crippen LogP contribution < -0.4 is 4.90 Å². The molecule has 0 saturated carbocycles. The third kappa shape index (κ3) is 2.69. The fourth-order valence-electron chi connectivity index (χ4n) is 1.59. The normalized spacial score (nSPS) is 17.4. The van der Waals surface area contributed by atoms with Gasteiger partial charge in [0.25, 0.3) is 0 Å². The molecule has 0 aromatic carbocycles. The molecule has 2 rings (SSSR count). The number of hydrogen-bond acceptors (Lipinski definition) is 5. The van der Waals surface area contributed by atoms with Crippen LogP contribution in [0.4, 0.5) is 18.2 Å². The Morgan fingerprint density at radius 3 is 2.55 bits per heavy atom. The summed E-state index contributed by atoms with van der Waals surface area (Å²) in [6.45, 7) is 1.76. The van der Waals surface area contributed by atoms with E-state index in [-0.39, 0.29) is 0 Å². The molecule has 0 saturated heterocycles. The van der Waals surface area contributed by atoms with E-state index in [0.717, 1.165) is 10.6 Å². The minimum atomic E-state index is -4.71. The fraction of sp³-hybridized carbons (Fsp3) is 0.333. The highest BCUT2D eigenvalue weighted by Crippen LogP contribution is 2.33. The number of halogens is 3. The zero-order valence-electron chi connectivity index (χ0n) is 10.9. The molecule has 2 heterocycles. The number of carbonyl (C=O) groups excluding carboxylic acids is 1. The molecule has 0 unspecified atom stereocenters. The van der Waals surface area contributed by atoms with Crippen LogP contribution in [0.3, 0.4) is 0 Å². The van der Waals surface area contributed by atoms with Crippen molar-refractivity contribution in [3.05, 3.63) is 22.1 Å². The van der Waals surface area contributed by atoms with E-state index < -0.39 is 23.4 Å². The van der Waals surface area contributed by atoms with Crippen molar-refractivity contribution in [2.45, 2.75) is 13.1 Å². The average molecular weight is 304 g/mol. The second-order valence-electron chi connectivity index (χ2n) is 4.40. The predicted molar refractivity (Wildman–Crippen MR) is 70.9 cm³/mol. The lowest BCUT2D eigenvalue weighted by Crippen LogP contribution is -2.24. The second kappa shape index (κ2) is 4.93. The molecule has 0 amide bonds. The molecule has 1 aromatic heterocycles. The maximum atomic E-state index is 12.7. The molecule has 1 aliphatic heterocycles. The molecule has 0 N–H and O–H groups in total. The second-order valence-corrected chi connectivity index (χ2v) is 5.46. The maximum Gasteiger partial charge on any atom is 0.437 e. The molecule has 0 radical (unpaired) electrons. The molecule has 0 atom stereocenters. The minimum absolute atomic E-state index is 0.562. The number of rotatable bonds is 2. The Morgan fingerprint density at radius 1 is 1.40 bits per heavy atom. The average Bonchev–Trinajstić information content (AvgIpc) is 2.84. The molecule has 4 nitrogen and oxygen atoms in total. The van der Waals surface area contributed by atoms with Crippen molar-refractivity contribution in [2.75, 3.05) is 19.0 Å². The van der Waals surface area contributed by atoms with Gasteiger partial charge in [0, 0.05) is 19.0 Å². The van der Waals surface area contributed by atoms with Crippen molar-refractivity contribution in [3.63, 3.8) is 0 Å². The molecule has 0 spiro atoms. The molecule has 0 bridgehead atoms. The van der Waals surface area contributed by atoms with Gasteiger partial charge in [-0.05, 0) is 24.6 Å². The summed E-state index contributed by atoms with van der Waals surface area (Å²) in [6, 6.07) is 1.84. The van der Waals surface area contributed by atoms with Crippen LogP contribution in [0.5, 0.6) is 0 Å². The van der Waals surface area contributed by atoms with Crippen molar-refractivity contribution in [1.82, 2.24) is 0 Å². The largest absolute Gasteiger partial charge is 0.437 e. The molecule has 20 heavy (non-hydrogen) atoms. The topological polar surface area (TPSA) is 41.9 Å². The highest BCUT2D eigenvalue weighted by Gasteiger charge is 2.45. The van der Waals surface area contributed by atoms with Gasteiger partial charge in [-0.25, -0.2) is 4.79 Å². The summed E-state index contributed by atoms with van der Waals surface area (Å²) in [5, 5.41) is 3.69. The lowest BCUT2D eigenvalue weighted by molar-refractivity contribution is -0.136. The minimum Gasteiger partial charge on any atom is -0.370 e. The van der Waals surface area contributed by atoms with Gasteiger partial charge in [-0.2, -0.15) is 13.2 Å². The summed E-state index contributed by atoms with van der Waals surface area (Å²) in [5.74, 6) is -1.09. The number of anilines is 1. The van der Waals surface area contributed by atoms with Crippen molar-refractivity contribution >= 4 is 34.1 Å². The monoisotopic (exact) mass is 304 g/mol. The zero-order valence-corrected chi connectivity index (χ0v) is 11.7.